The first-order valence-corrected chi connectivity index (χ1v) is 14.0. The first-order chi connectivity index (χ1) is 12.7. The van der Waals surface area contributed by atoms with Gasteiger partial charge in [0.05, 0.1) is 6.10 Å². The molecule has 7 heteroatoms. The van der Waals surface area contributed by atoms with E-state index in [0.29, 0.717) is 0 Å². The predicted molar refractivity (Wildman–Crippen MR) is 110 cm³/mol. The lowest BCUT2D eigenvalue weighted by Crippen LogP contribution is -2.42. The molecule has 6 nitrogen and oxygen atoms in total. The summed E-state index contributed by atoms with van der Waals surface area (Å²) < 4.78 is 5.18. The highest BCUT2D eigenvalue weighted by Crippen LogP contribution is 2.20. The zero-order valence-electron chi connectivity index (χ0n) is 17.5. The van der Waals surface area contributed by atoms with Gasteiger partial charge in [0, 0.05) is 21.3 Å². The Balaban J connectivity index is 3.91. The minimum Gasteiger partial charge on any atom is -0.396 e. The topological polar surface area (TPSA) is 107 Å². The second-order valence-electron chi connectivity index (χ2n) is 8.29. The molecule has 0 aliphatic carbocycles. The fourth-order valence-corrected chi connectivity index (χ4v) is 5.14. The molecule has 0 saturated heterocycles. The van der Waals surface area contributed by atoms with Crippen LogP contribution in [0.1, 0.15) is 64.7 Å². The molecule has 0 aromatic carbocycles. The molecule has 0 fully saturated rings. The Kier molecular flexibility index (Phi) is 15.4. The van der Waals surface area contributed by atoms with E-state index < -0.39 is 32.4 Å². The van der Waals surface area contributed by atoms with Gasteiger partial charge < -0.3 is 25.2 Å². The van der Waals surface area contributed by atoms with Crippen molar-refractivity contribution in [2.75, 3.05) is 13.2 Å². The summed E-state index contributed by atoms with van der Waals surface area (Å²) in [6, 6.07) is 2.04. The number of ketones is 1. The summed E-state index contributed by atoms with van der Waals surface area (Å²) in [6.45, 7) is 6.72. The van der Waals surface area contributed by atoms with Crippen LogP contribution < -0.4 is 0 Å². The van der Waals surface area contributed by atoms with Crippen molar-refractivity contribution in [3.8, 4) is 0 Å². The zero-order valence-corrected chi connectivity index (χ0v) is 18.5. The second kappa shape index (κ2) is 15.6. The average molecular weight is 407 g/mol. The lowest BCUT2D eigenvalue weighted by molar-refractivity contribution is -0.168. The zero-order chi connectivity index (χ0) is 20.7. The molecule has 0 amide bonds. The van der Waals surface area contributed by atoms with E-state index in [0.717, 1.165) is 6.04 Å². The van der Waals surface area contributed by atoms with Crippen molar-refractivity contribution < 1.29 is 30.0 Å². The molecular weight excluding hydrogens is 364 g/mol. The van der Waals surface area contributed by atoms with E-state index in [4.69, 9.17) is 9.84 Å². The van der Waals surface area contributed by atoms with Crippen LogP contribution in [0.3, 0.4) is 0 Å². The number of carbonyl (C=O) groups excluding carboxylic acids is 1. The van der Waals surface area contributed by atoms with Crippen molar-refractivity contribution in [2.24, 2.45) is 0 Å². The first kappa shape index (κ1) is 26.7. The van der Waals surface area contributed by atoms with Gasteiger partial charge in [0.15, 0.2) is 0 Å². The molecule has 0 saturated carbocycles. The Hall–Kier alpha value is -0.313. The molecular formula is C20H42O6Si. The molecule has 3 unspecified atom stereocenters. The molecule has 0 rings (SSSR count). The van der Waals surface area contributed by atoms with E-state index in [9.17, 15) is 20.1 Å². The van der Waals surface area contributed by atoms with Gasteiger partial charge >= 0.3 is 0 Å². The normalized spacial score (nSPS) is 15.5. The molecule has 0 heterocycles. The largest absolute Gasteiger partial charge is 0.396 e. The molecule has 0 aliphatic rings. The van der Waals surface area contributed by atoms with Crippen molar-refractivity contribution >= 4 is 13.9 Å². The monoisotopic (exact) mass is 406 g/mol. The Bertz CT molecular complexity index is 377. The van der Waals surface area contributed by atoms with Crippen LogP contribution in [0.15, 0.2) is 0 Å². The van der Waals surface area contributed by atoms with Crippen molar-refractivity contribution in [3.05, 3.63) is 0 Å². The quantitative estimate of drug-likeness (QED) is 0.158. The Morgan fingerprint density at radius 3 is 2.04 bits per heavy atom. The van der Waals surface area contributed by atoms with Gasteiger partial charge in [-0.2, -0.15) is 0 Å². The number of rotatable bonds is 18. The molecule has 0 radical (unpaired) electrons. The van der Waals surface area contributed by atoms with Crippen LogP contribution in [0, 0.1) is 0 Å². The Morgan fingerprint density at radius 1 is 0.926 bits per heavy atom. The number of hydrogen-bond donors (Lipinski definition) is 4. The van der Waals surface area contributed by atoms with Crippen molar-refractivity contribution in [1.82, 2.24) is 0 Å². The third-order valence-electron chi connectivity index (χ3n) is 5.09. The number of aliphatic hydroxyl groups is 4. The summed E-state index contributed by atoms with van der Waals surface area (Å²) in [5, 5.41) is 37.6. The van der Waals surface area contributed by atoms with E-state index in [-0.39, 0.29) is 19.6 Å². The van der Waals surface area contributed by atoms with Gasteiger partial charge in [-0.25, -0.2) is 0 Å². The van der Waals surface area contributed by atoms with E-state index >= 15 is 0 Å². The van der Waals surface area contributed by atoms with Crippen LogP contribution in [-0.4, -0.2) is 66.0 Å². The van der Waals surface area contributed by atoms with Gasteiger partial charge in [0.1, 0.15) is 6.10 Å². The number of Topliss-reactive ketones (excluding diaryl/α,β-unsaturated/α-hetero) is 1. The van der Waals surface area contributed by atoms with Crippen molar-refractivity contribution in [2.45, 2.75) is 108 Å². The molecule has 0 aliphatic heterocycles. The molecule has 0 bridgehead atoms. The second-order valence-corrected chi connectivity index (χ2v) is 13.6. The fourth-order valence-electron chi connectivity index (χ4n) is 3.02. The third-order valence-corrected chi connectivity index (χ3v) is 8.35. The summed E-state index contributed by atoms with van der Waals surface area (Å²) in [7, 11) is -1.44. The standard InChI is InChI=1S/C20H42O6Si/c1-4-5-6-7-8-9-10-11-15-27(2,3)16-14-26-20(25)19(24)18(23)17(22)12-13-21/h17-18,20-23,25H,4-16H2,1-3H3. The Labute approximate surface area is 166 Å². The predicted octanol–water partition coefficient (Wildman–Crippen LogP) is 2.84. The highest BCUT2D eigenvalue weighted by atomic mass is 28.3. The van der Waals surface area contributed by atoms with Crippen LogP contribution in [0.25, 0.3) is 0 Å². The summed E-state index contributed by atoms with van der Waals surface area (Å²) in [6.07, 6.45) is 5.42. The number of hydrogen-bond acceptors (Lipinski definition) is 6. The maximum absolute atomic E-state index is 11.8. The molecule has 0 aromatic heterocycles. The fraction of sp³-hybridized carbons (Fsp3) is 0.950. The van der Waals surface area contributed by atoms with Gasteiger partial charge in [-0.05, 0) is 12.5 Å². The number of unbranched alkanes of at least 4 members (excludes halogenated alkanes) is 7. The van der Waals surface area contributed by atoms with Crippen LogP contribution in [0.5, 0.6) is 0 Å². The lowest BCUT2D eigenvalue weighted by atomic mass is 10.1. The maximum Gasteiger partial charge on any atom is 0.219 e. The average Bonchev–Trinajstić information content (AvgIpc) is 2.62. The summed E-state index contributed by atoms with van der Waals surface area (Å²) in [4.78, 5) is 11.8. The SMILES string of the molecule is CCCCCCCCCC[Si](C)(C)CCOC(O)C(=O)C(O)C(O)CCO. The van der Waals surface area contributed by atoms with E-state index in [1.54, 1.807) is 0 Å². The van der Waals surface area contributed by atoms with Crippen LogP contribution in [0.2, 0.25) is 25.2 Å². The highest BCUT2D eigenvalue weighted by Gasteiger charge is 2.30. The minimum absolute atomic E-state index is 0.127. The van der Waals surface area contributed by atoms with Gasteiger partial charge in [-0.15, -0.1) is 0 Å². The minimum atomic E-state index is -1.74. The molecule has 0 spiro atoms. The summed E-state index contributed by atoms with van der Waals surface area (Å²) in [5.41, 5.74) is 0. The van der Waals surface area contributed by atoms with Crippen molar-refractivity contribution in [3.63, 3.8) is 0 Å². The first-order valence-electron chi connectivity index (χ1n) is 10.6. The summed E-state index contributed by atoms with van der Waals surface area (Å²) in [5.74, 6) is -0.960. The number of aliphatic hydroxyl groups excluding tert-OH is 4. The highest BCUT2D eigenvalue weighted by molar-refractivity contribution is 6.77. The molecule has 27 heavy (non-hydrogen) atoms. The van der Waals surface area contributed by atoms with Crippen LogP contribution in [0.4, 0.5) is 0 Å². The molecule has 0 aromatic rings. The number of ether oxygens (including phenoxy) is 1. The number of carbonyl (C=O) groups is 1. The van der Waals surface area contributed by atoms with Gasteiger partial charge in [0.25, 0.3) is 0 Å². The molecule has 4 N–H and O–H groups in total. The maximum atomic E-state index is 11.8. The van der Waals surface area contributed by atoms with E-state index in [1.165, 1.54) is 57.4 Å². The lowest BCUT2D eigenvalue weighted by Gasteiger charge is -2.24. The van der Waals surface area contributed by atoms with Gasteiger partial charge in [-0.1, -0.05) is 77.4 Å². The molecule has 162 valence electrons. The van der Waals surface area contributed by atoms with E-state index in [1.807, 2.05) is 0 Å². The van der Waals surface area contributed by atoms with Gasteiger partial charge in [0.2, 0.25) is 12.1 Å². The van der Waals surface area contributed by atoms with Crippen LogP contribution >= 0.6 is 0 Å². The van der Waals surface area contributed by atoms with Gasteiger partial charge in [-0.3, -0.25) is 4.79 Å². The smallest absolute Gasteiger partial charge is 0.219 e. The van der Waals surface area contributed by atoms with Crippen LogP contribution in [-0.2, 0) is 9.53 Å². The third kappa shape index (κ3) is 13.5. The molecule has 3 atom stereocenters. The van der Waals surface area contributed by atoms with E-state index in [2.05, 4.69) is 20.0 Å². The van der Waals surface area contributed by atoms with Crippen molar-refractivity contribution in [1.29, 1.82) is 0 Å². The summed E-state index contributed by atoms with van der Waals surface area (Å²) >= 11 is 0. The Morgan fingerprint density at radius 2 is 1.48 bits per heavy atom.